The van der Waals surface area contributed by atoms with Gasteiger partial charge in [-0.05, 0) is 29.8 Å². The molecule has 0 atom stereocenters. The van der Waals surface area contributed by atoms with Crippen molar-refractivity contribution >= 4 is 11.5 Å². The van der Waals surface area contributed by atoms with Gasteiger partial charge >= 0.3 is 0 Å². The van der Waals surface area contributed by atoms with Crippen molar-refractivity contribution in [1.82, 2.24) is 4.98 Å². The van der Waals surface area contributed by atoms with Gasteiger partial charge < -0.3 is 14.8 Å². The van der Waals surface area contributed by atoms with Crippen LogP contribution in [0.1, 0.15) is 0 Å². The number of rotatable bonds is 3. The molecule has 23 heavy (non-hydrogen) atoms. The molecular formula is C19H16N2O2. The van der Waals surface area contributed by atoms with E-state index in [0.717, 1.165) is 34.1 Å². The van der Waals surface area contributed by atoms with E-state index in [1.807, 2.05) is 48.7 Å². The summed E-state index contributed by atoms with van der Waals surface area (Å²) < 4.78 is 11.1. The quantitative estimate of drug-likeness (QED) is 0.785. The summed E-state index contributed by atoms with van der Waals surface area (Å²) in [7, 11) is 0. The van der Waals surface area contributed by atoms with Gasteiger partial charge in [0.1, 0.15) is 19.0 Å². The number of aromatic nitrogens is 1. The lowest BCUT2D eigenvalue weighted by Crippen LogP contribution is -2.15. The van der Waals surface area contributed by atoms with Crippen LogP contribution in [0.25, 0.3) is 11.1 Å². The fourth-order valence-electron chi connectivity index (χ4n) is 2.54. The Morgan fingerprint density at radius 1 is 0.783 bits per heavy atom. The van der Waals surface area contributed by atoms with Crippen molar-refractivity contribution in [2.45, 2.75) is 0 Å². The van der Waals surface area contributed by atoms with Gasteiger partial charge in [0.05, 0.1) is 0 Å². The molecule has 1 aromatic heterocycles. The van der Waals surface area contributed by atoms with Gasteiger partial charge in [-0.2, -0.15) is 0 Å². The molecule has 0 saturated carbocycles. The standard InChI is InChI=1S/C19H16N2O2/c1-2-4-14(5-3-1)15-6-9-19(20-13-15)21-16-7-8-17-18(12-16)23-11-10-22-17/h1-9,12-13H,10-11H2,(H,20,21). The van der Waals surface area contributed by atoms with E-state index in [0.29, 0.717) is 13.2 Å². The van der Waals surface area contributed by atoms with Gasteiger partial charge in [-0.3, -0.25) is 0 Å². The summed E-state index contributed by atoms with van der Waals surface area (Å²) in [5.74, 6) is 2.35. The summed E-state index contributed by atoms with van der Waals surface area (Å²) in [4.78, 5) is 4.48. The molecule has 0 bridgehead atoms. The maximum atomic E-state index is 5.59. The van der Waals surface area contributed by atoms with E-state index in [-0.39, 0.29) is 0 Å². The number of nitrogens with one attached hydrogen (secondary N) is 1. The molecular weight excluding hydrogens is 288 g/mol. The molecule has 2 aromatic carbocycles. The number of pyridine rings is 1. The average molecular weight is 304 g/mol. The number of hydrogen-bond donors (Lipinski definition) is 1. The normalized spacial score (nSPS) is 12.7. The number of fused-ring (bicyclic) bond motifs is 1. The van der Waals surface area contributed by atoms with Crippen LogP contribution in [0.15, 0.2) is 66.9 Å². The second kappa shape index (κ2) is 6.01. The van der Waals surface area contributed by atoms with Crippen LogP contribution in [0.5, 0.6) is 11.5 Å². The molecule has 4 heteroatoms. The first kappa shape index (κ1) is 13.6. The zero-order chi connectivity index (χ0) is 15.5. The third-order valence-corrected chi connectivity index (χ3v) is 3.69. The second-order valence-electron chi connectivity index (χ2n) is 5.28. The van der Waals surface area contributed by atoms with Gasteiger partial charge in [0.25, 0.3) is 0 Å². The monoisotopic (exact) mass is 304 g/mol. The van der Waals surface area contributed by atoms with Gasteiger partial charge in [-0.25, -0.2) is 4.98 Å². The number of nitrogens with zero attached hydrogens (tertiary/aromatic N) is 1. The molecule has 1 N–H and O–H groups in total. The second-order valence-corrected chi connectivity index (χ2v) is 5.28. The highest BCUT2D eigenvalue weighted by Gasteiger charge is 2.11. The molecule has 0 unspecified atom stereocenters. The largest absolute Gasteiger partial charge is 0.486 e. The summed E-state index contributed by atoms with van der Waals surface area (Å²) in [6.07, 6.45) is 1.87. The third kappa shape index (κ3) is 2.97. The van der Waals surface area contributed by atoms with E-state index >= 15 is 0 Å². The Morgan fingerprint density at radius 2 is 1.61 bits per heavy atom. The molecule has 4 nitrogen and oxygen atoms in total. The van der Waals surface area contributed by atoms with E-state index in [4.69, 9.17) is 9.47 Å². The Balaban J connectivity index is 1.53. The molecule has 0 radical (unpaired) electrons. The highest BCUT2D eigenvalue weighted by atomic mass is 16.6. The molecule has 3 aromatic rings. The molecule has 4 rings (SSSR count). The van der Waals surface area contributed by atoms with Crippen molar-refractivity contribution in [3.05, 3.63) is 66.9 Å². The highest BCUT2D eigenvalue weighted by molar-refractivity contribution is 5.66. The zero-order valence-electron chi connectivity index (χ0n) is 12.5. The molecule has 0 aliphatic carbocycles. The van der Waals surface area contributed by atoms with Gasteiger partial charge in [0, 0.05) is 23.5 Å². The van der Waals surface area contributed by atoms with Crippen molar-refractivity contribution in [2.75, 3.05) is 18.5 Å². The molecule has 2 heterocycles. The predicted molar refractivity (Wildman–Crippen MR) is 90.4 cm³/mol. The van der Waals surface area contributed by atoms with Crippen molar-refractivity contribution in [1.29, 1.82) is 0 Å². The van der Waals surface area contributed by atoms with Crippen LogP contribution in [0, 0.1) is 0 Å². The summed E-state index contributed by atoms with van der Waals surface area (Å²) in [5, 5.41) is 3.29. The van der Waals surface area contributed by atoms with Gasteiger partial charge in [0.15, 0.2) is 11.5 Å². The first-order chi connectivity index (χ1) is 11.4. The van der Waals surface area contributed by atoms with Crippen LogP contribution in [0.4, 0.5) is 11.5 Å². The summed E-state index contributed by atoms with van der Waals surface area (Å²) in [6, 6.07) is 20.0. The zero-order valence-corrected chi connectivity index (χ0v) is 12.5. The molecule has 114 valence electrons. The summed E-state index contributed by atoms with van der Waals surface area (Å²) in [6.45, 7) is 1.18. The number of benzene rings is 2. The minimum Gasteiger partial charge on any atom is -0.486 e. The predicted octanol–water partition coefficient (Wildman–Crippen LogP) is 4.26. The van der Waals surface area contributed by atoms with E-state index in [9.17, 15) is 0 Å². The topological polar surface area (TPSA) is 43.4 Å². The van der Waals surface area contributed by atoms with E-state index in [1.54, 1.807) is 0 Å². The van der Waals surface area contributed by atoms with Gasteiger partial charge in [-0.15, -0.1) is 0 Å². The number of hydrogen-bond acceptors (Lipinski definition) is 4. The first-order valence-corrected chi connectivity index (χ1v) is 7.57. The molecule has 0 fully saturated rings. The Bertz CT molecular complexity index is 801. The molecule has 0 saturated heterocycles. The third-order valence-electron chi connectivity index (χ3n) is 3.69. The fourth-order valence-corrected chi connectivity index (χ4v) is 2.54. The Labute approximate surface area is 134 Å². The van der Waals surface area contributed by atoms with E-state index in [2.05, 4.69) is 28.5 Å². The van der Waals surface area contributed by atoms with Crippen LogP contribution in [0.2, 0.25) is 0 Å². The highest BCUT2D eigenvalue weighted by Crippen LogP contribution is 2.33. The average Bonchev–Trinajstić information content (AvgIpc) is 2.63. The first-order valence-electron chi connectivity index (χ1n) is 7.57. The lowest BCUT2D eigenvalue weighted by atomic mass is 10.1. The maximum absolute atomic E-state index is 5.59. The summed E-state index contributed by atoms with van der Waals surface area (Å²) in [5.41, 5.74) is 3.18. The van der Waals surface area contributed by atoms with Crippen LogP contribution in [-0.4, -0.2) is 18.2 Å². The Hall–Kier alpha value is -3.01. The lowest BCUT2D eigenvalue weighted by Gasteiger charge is -2.19. The number of ether oxygens (including phenoxy) is 2. The SMILES string of the molecule is c1ccc(-c2ccc(Nc3ccc4c(c3)OCCO4)nc2)cc1. The summed E-state index contributed by atoms with van der Waals surface area (Å²) >= 11 is 0. The maximum Gasteiger partial charge on any atom is 0.163 e. The molecule has 0 amide bonds. The minimum absolute atomic E-state index is 0.584. The fraction of sp³-hybridized carbons (Fsp3) is 0.105. The van der Waals surface area contributed by atoms with Crippen molar-refractivity contribution in [3.8, 4) is 22.6 Å². The molecule has 1 aliphatic rings. The smallest absolute Gasteiger partial charge is 0.163 e. The van der Waals surface area contributed by atoms with E-state index < -0.39 is 0 Å². The van der Waals surface area contributed by atoms with Crippen LogP contribution in [-0.2, 0) is 0 Å². The van der Waals surface area contributed by atoms with Crippen molar-refractivity contribution in [2.24, 2.45) is 0 Å². The van der Waals surface area contributed by atoms with Crippen LogP contribution >= 0.6 is 0 Å². The Kier molecular flexibility index (Phi) is 3.56. The van der Waals surface area contributed by atoms with Crippen molar-refractivity contribution < 1.29 is 9.47 Å². The lowest BCUT2D eigenvalue weighted by molar-refractivity contribution is 0.171. The van der Waals surface area contributed by atoms with Crippen LogP contribution < -0.4 is 14.8 Å². The molecule has 0 spiro atoms. The van der Waals surface area contributed by atoms with E-state index in [1.165, 1.54) is 0 Å². The van der Waals surface area contributed by atoms with Crippen LogP contribution in [0.3, 0.4) is 0 Å². The number of anilines is 2. The molecule has 1 aliphatic heterocycles. The van der Waals surface area contributed by atoms with Crippen molar-refractivity contribution in [3.63, 3.8) is 0 Å². The van der Waals surface area contributed by atoms with Gasteiger partial charge in [0.2, 0.25) is 0 Å². The van der Waals surface area contributed by atoms with Gasteiger partial charge in [-0.1, -0.05) is 30.3 Å². The minimum atomic E-state index is 0.584. The Morgan fingerprint density at radius 3 is 2.39 bits per heavy atom.